The molecule has 1 aromatic carbocycles. The SMILES string of the molecule is CC(C)(O)Cc1cn(-c2ccc(Cl)cc2)nn1. The number of benzene rings is 1. The molecule has 0 radical (unpaired) electrons. The molecule has 0 atom stereocenters. The third kappa shape index (κ3) is 3.28. The summed E-state index contributed by atoms with van der Waals surface area (Å²) in [4.78, 5) is 0. The number of aliphatic hydroxyl groups is 1. The maximum Gasteiger partial charge on any atom is 0.0860 e. The number of hydrogen-bond acceptors (Lipinski definition) is 3. The van der Waals surface area contributed by atoms with Crippen LogP contribution in [-0.4, -0.2) is 25.7 Å². The first-order valence-electron chi connectivity index (χ1n) is 5.34. The fourth-order valence-electron chi connectivity index (χ4n) is 1.54. The number of halogens is 1. The lowest BCUT2D eigenvalue weighted by atomic mass is 10.0. The van der Waals surface area contributed by atoms with Crippen LogP contribution in [0, 0.1) is 0 Å². The van der Waals surface area contributed by atoms with Gasteiger partial charge in [0.25, 0.3) is 0 Å². The highest BCUT2D eigenvalue weighted by Crippen LogP contribution is 2.14. The molecule has 0 bridgehead atoms. The highest BCUT2D eigenvalue weighted by Gasteiger charge is 2.16. The lowest BCUT2D eigenvalue weighted by Crippen LogP contribution is -2.22. The van der Waals surface area contributed by atoms with E-state index in [1.165, 1.54) is 0 Å². The van der Waals surface area contributed by atoms with Gasteiger partial charge in [-0.2, -0.15) is 0 Å². The van der Waals surface area contributed by atoms with Crippen LogP contribution in [0.2, 0.25) is 5.02 Å². The highest BCUT2D eigenvalue weighted by atomic mass is 35.5. The monoisotopic (exact) mass is 251 g/mol. The minimum absolute atomic E-state index is 0.473. The van der Waals surface area contributed by atoms with E-state index < -0.39 is 5.60 Å². The molecular formula is C12H14ClN3O. The van der Waals surface area contributed by atoms with Crippen molar-refractivity contribution in [3.8, 4) is 5.69 Å². The maximum atomic E-state index is 9.69. The Hall–Kier alpha value is -1.39. The topological polar surface area (TPSA) is 50.9 Å². The van der Waals surface area contributed by atoms with E-state index in [1.54, 1.807) is 36.9 Å². The van der Waals surface area contributed by atoms with Crippen LogP contribution in [0.5, 0.6) is 0 Å². The quantitative estimate of drug-likeness (QED) is 0.910. The molecule has 5 heteroatoms. The van der Waals surface area contributed by atoms with Crippen LogP contribution >= 0.6 is 11.6 Å². The smallest absolute Gasteiger partial charge is 0.0860 e. The van der Waals surface area contributed by atoms with Gasteiger partial charge in [-0.15, -0.1) is 5.10 Å². The lowest BCUT2D eigenvalue weighted by Gasteiger charge is -2.13. The first-order chi connectivity index (χ1) is 7.94. The van der Waals surface area contributed by atoms with Crippen molar-refractivity contribution in [2.45, 2.75) is 25.9 Å². The molecule has 90 valence electrons. The summed E-state index contributed by atoms with van der Waals surface area (Å²) in [6, 6.07) is 7.33. The molecule has 0 unspecified atom stereocenters. The van der Waals surface area contributed by atoms with Crippen molar-refractivity contribution < 1.29 is 5.11 Å². The average molecular weight is 252 g/mol. The van der Waals surface area contributed by atoms with Crippen molar-refractivity contribution in [3.63, 3.8) is 0 Å². The fourth-order valence-corrected chi connectivity index (χ4v) is 1.67. The van der Waals surface area contributed by atoms with E-state index in [1.807, 2.05) is 12.1 Å². The Balaban J connectivity index is 2.21. The molecule has 0 aliphatic rings. The summed E-state index contributed by atoms with van der Waals surface area (Å²) >= 11 is 5.81. The minimum Gasteiger partial charge on any atom is -0.390 e. The van der Waals surface area contributed by atoms with E-state index in [9.17, 15) is 5.11 Å². The molecule has 0 fully saturated rings. The van der Waals surface area contributed by atoms with Crippen LogP contribution in [0.15, 0.2) is 30.5 Å². The van der Waals surface area contributed by atoms with Gasteiger partial charge in [0.2, 0.25) is 0 Å². The number of rotatable bonds is 3. The van der Waals surface area contributed by atoms with Crippen molar-refractivity contribution >= 4 is 11.6 Å². The van der Waals surface area contributed by atoms with Crippen LogP contribution in [-0.2, 0) is 6.42 Å². The Labute approximate surface area is 105 Å². The number of nitrogens with zero attached hydrogens (tertiary/aromatic N) is 3. The number of aromatic nitrogens is 3. The van der Waals surface area contributed by atoms with Gasteiger partial charge in [-0.25, -0.2) is 4.68 Å². The Morgan fingerprint density at radius 3 is 2.53 bits per heavy atom. The maximum absolute atomic E-state index is 9.69. The highest BCUT2D eigenvalue weighted by molar-refractivity contribution is 6.30. The Kier molecular flexibility index (Phi) is 3.17. The molecule has 2 rings (SSSR count). The van der Waals surface area contributed by atoms with Gasteiger partial charge in [0.15, 0.2) is 0 Å². The average Bonchev–Trinajstić information content (AvgIpc) is 2.64. The third-order valence-corrected chi connectivity index (χ3v) is 2.50. The van der Waals surface area contributed by atoms with E-state index >= 15 is 0 Å². The molecule has 0 amide bonds. The molecule has 0 spiro atoms. The van der Waals surface area contributed by atoms with E-state index in [-0.39, 0.29) is 0 Å². The van der Waals surface area contributed by atoms with Gasteiger partial charge in [-0.1, -0.05) is 16.8 Å². The largest absolute Gasteiger partial charge is 0.390 e. The summed E-state index contributed by atoms with van der Waals surface area (Å²) in [7, 11) is 0. The summed E-state index contributed by atoms with van der Waals surface area (Å²) < 4.78 is 1.66. The van der Waals surface area contributed by atoms with Gasteiger partial charge in [0.05, 0.1) is 23.2 Å². The molecule has 0 saturated heterocycles. The van der Waals surface area contributed by atoms with Gasteiger partial charge in [0.1, 0.15) is 0 Å². The van der Waals surface area contributed by atoms with E-state index in [0.29, 0.717) is 11.4 Å². The Bertz CT molecular complexity index is 499. The van der Waals surface area contributed by atoms with Crippen molar-refractivity contribution in [3.05, 3.63) is 41.2 Å². The van der Waals surface area contributed by atoms with Gasteiger partial charge >= 0.3 is 0 Å². The van der Waals surface area contributed by atoms with Crippen LogP contribution in [0.4, 0.5) is 0 Å². The second-order valence-electron chi connectivity index (χ2n) is 4.62. The molecule has 1 aromatic heterocycles. The van der Waals surface area contributed by atoms with Gasteiger partial charge in [0, 0.05) is 11.4 Å². The van der Waals surface area contributed by atoms with Crippen LogP contribution in [0.3, 0.4) is 0 Å². The summed E-state index contributed by atoms with van der Waals surface area (Å²) in [5, 5.41) is 18.4. The van der Waals surface area contributed by atoms with E-state index in [2.05, 4.69) is 10.3 Å². The lowest BCUT2D eigenvalue weighted by molar-refractivity contribution is 0.0799. The zero-order chi connectivity index (χ0) is 12.5. The van der Waals surface area contributed by atoms with Crippen molar-refractivity contribution in [2.24, 2.45) is 0 Å². The predicted molar refractivity (Wildman–Crippen MR) is 66.4 cm³/mol. The van der Waals surface area contributed by atoms with Crippen molar-refractivity contribution in [1.82, 2.24) is 15.0 Å². The summed E-state index contributed by atoms with van der Waals surface area (Å²) in [5.41, 5.74) is 0.872. The molecule has 0 aliphatic carbocycles. The van der Waals surface area contributed by atoms with Crippen molar-refractivity contribution in [2.75, 3.05) is 0 Å². The Morgan fingerprint density at radius 2 is 1.94 bits per heavy atom. The molecule has 0 aliphatic heterocycles. The summed E-state index contributed by atoms with van der Waals surface area (Å²) in [6.45, 7) is 3.49. The zero-order valence-electron chi connectivity index (χ0n) is 9.76. The molecule has 4 nitrogen and oxygen atoms in total. The van der Waals surface area contributed by atoms with Crippen LogP contribution in [0.25, 0.3) is 5.69 Å². The van der Waals surface area contributed by atoms with E-state index in [0.717, 1.165) is 11.4 Å². The second-order valence-corrected chi connectivity index (χ2v) is 5.06. The molecule has 17 heavy (non-hydrogen) atoms. The second kappa shape index (κ2) is 4.47. The molecular weight excluding hydrogens is 238 g/mol. The number of hydrogen-bond donors (Lipinski definition) is 1. The van der Waals surface area contributed by atoms with Gasteiger partial charge in [-0.05, 0) is 38.1 Å². The first kappa shape index (κ1) is 12.1. The summed E-state index contributed by atoms with van der Waals surface area (Å²) in [5.74, 6) is 0. The van der Waals surface area contributed by atoms with Crippen LogP contribution in [0.1, 0.15) is 19.5 Å². The normalized spacial score (nSPS) is 11.8. The molecule has 1 heterocycles. The zero-order valence-corrected chi connectivity index (χ0v) is 10.5. The summed E-state index contributed by atoms with van der Waals surface area (Å²) in [6.07, 6.45) is 2.28. The molecule has 0 saturated carbocycles. The van der Waals surface area contributed by atoms with Gasteiger partial charge < -0.3 is 5.11 Å². The first-order valence-corrected chi connectivity index (χ1v) is 5.71. The van der Waals surface area contributed by atoms with Crippen LogP contribution < -0.4 is 0 Å². The minimum atomic E-state index is -0.777. The standard InChI is InChI=1S/C12H14ClN3O/c1-12(2,17)7-10-8-16(15-14-10)11-5-3-9(13)4-6-11/h3-6,8,17H,7H2,1-2H3. The van der Waals surface area contributed by atoms with Crippen molar-refractivity contribution in [1.29, 1.82) is 0 Å². The third-order valence-electron chi connectivity index (χ3n) is 2.25. The van der Waals surface area contributed by atoms with Gasteiger partial charge in [-0.3, -0.25) is 0 Å². The molecule has 1 N–H and O–H groups in total. The van der Waals surface area contributed by atoms with E-state index in [4.69, 9.17) is 11.6 Å². The molecule has 2 aromatic rings. The predicted octanol–water partition coefficient (Wildman–Crippen LogP) is 2.23. The fraction of sp³-hybridized carbons (Fsp3) is 0.333. The Morgan fingerprint density at radius 1 is 1.29 bits per heavy atom.